The van der Waals surface area contributed by atoms with Crippen LogP contribution in [0.3, 0.4) is 0 Å². The van der Waals surface area contributed by atoms with Gasteiger partial charge in [-0.05, 0) is 38.8 Å². The van der Waals surface area contributed by atoms with Crippen molar-refractivity contribution in [2.24, 2.45) is 5.41 Å². The number of nitrogens with one attached hydrogen (secondary N) is 2. The Bertz CT molecular complexity index is 503. The Morgan fingerprint density at radius 1 is 0.955 bits per heavy atom. The summed E-state index contributed by atoms with van der Waals surface area (Å²) in [4.78, 5) is 24.9. The summed E-state index contributed by atoms with van der Waals surface area (Å²) in [5, 5.41) is 5.88. The normalized spacial score (nSPS) is 16.6. The van der Waals surface area contributed by atoms with Gasteiger partial charge in [-0.15, -0.1) is 0 Å². The van der Waals surface area contributed by atoms with Crippen molar-refractivity contribution in [1.82, 2.24) is 5.32 Å². The summed E-state index contributed by atoms with van der Waals surface area (Å²) in [6, 6.07) is 9.44. The van der Waals surface area contributed by atoms with Crippen molar-refractivity contribution in [2.75, 3.05) is 5.32 Å². The fourth-order valence-corrected chi connectivity index (χ4v) is 2.70. The minimum atomic E-state index is -1.08. The summed E-state index contributed by atoms with van der Waals surface area (Å²) < 4.78 is 0. The van der Waals surface area contributed by atoms with E-state index in [2.05, 4.69) is 10.6 Å². The smallest absolute Gasteiger partial charge is 0.239 e. The second-order valence-electron chi connectivity index (χ2n) is 6.61. The Morgan fingerprint density at radius 3 is 2.14 bits per heavy atom. The molecule has 22 heavy (non-hydrogen) atoms. The van der Waals surface area contributed by atoms with Gasteiger partial charge in [-0.2, -0.15) is 0 Å². The Hall–Kier alpha value is -1.84. The maximum absolute atomic E-state index is 12.5. The van der Waals surface area contributed by atoms with E-state index in [0.717, 1.165) is 25.7 Å². The molecule has 0 atom stereocenters. The maximum Gasteiger partial charge on any atom is 0.239 e. The van der Waals surface area contributed by atoms with Crippen molar-refractivity contribution < 1.29 is 9.59 Å². The van der Waals surface area contributed by atoms with Crippen LogP contribution in [0, 0.1) is 5.41 Å². The van der Waals surface area contributed by atoms with Crippen LogP contribution in [0.15, 0.2) is 30.3 Å². The van der Waals surface area contributed by atoms with Gasteiger partial charge >= 0.3 is 0 Å². The summed E-state index contributed by atoms with van der Waals surface area (Å²) in [6.07, 6.45) is 6.82. The number of anilines is 1. The van der Waals surface area contributed by atoms with Gasteiger partial charge in [-0.1, -0.05) is 43.9 Å². The molecule has 0 aliphatic heterocycles. The Kier molecular flexibility index (Phi) is 5.58. The zero-order chi connectivity index (χ0) is 16.0. The van der Waals surface area contributed by atoms with E-state index in [0.29, 0.717) is 5.69 Å². The van der Waals surface area contributed by atoms with Crippen molar-refractivity contribution in [2.45, 2.75) is 58.4 Å². The number of para-hydroxylation sites is 1. The van der Waals surface area contributed by atoms with E-state index in [1.165, 1.54) is 12.8 Å². The Balaban J connectivity index is 1.95. The fraction of sp³-hybridized carbons (Fsp3) is 0.556. The number of carbonyl (C=O) groups excluding carboxylic acids is 2. The van der Waals surface area contributed by atoms with Gasteiger partial charge in [0.2, 0.25) is 11.8 Å². The molecular weight excluding hydrogens is 276 g/mol. The third-order valence-corrected chi connectivity index (χ3v) is 4.36. The zero-order valence-electron chi connectivity index (χ0n) is 13.5. The van der Waals surface area contributed by atoms with E-state index >= 15 is 0 Å². The minimum Gasteiger partial charge on any atom is -0.352 e. The molecule has 1 saturated carbocycles. The first-order valence-corrected chi connectivity index (χ1v) is 8.17. The highest BCUT2D eigenvalue weighted by Crippen LogP contribution is 2.22. The second-order valence-corrected chi connectivity index (χ2v) is 6.61. The second kappa shape index (κ2) is 7.43. The number of rotatable bonds is 4. The molecule has 2 N–H and O–H groups in total. The monoisotopic (exact) mass is 302 g/mol. The first-order chi connectivity index (χ1) is 10.5. The summed E-state index contributed by atoms with van der Waals surface area (Å²) in [5.74, 6) is -0.461. The van der Waals surface area contributed by atoms with E-state index in [1.54, 1.807) is 13.8 Å². The van der Waals surface area contributed by atoms with E-state index in [4.69, 9.17) is 0 Å². The molecule has 120 valence electrons. The Morgan fingerprint density at radius 2 is 1.55 bits per heavy atom. The first kappa shape index (κ1) is 16.5. The van der Waals surface area contributed by atoms with Gasteiger partial charge in [-0.3, -0.25) is 9.59 Å². The van der Waals surface area contributed by atoms with Gasteiger partial charge < -0.3 is 10.6 Å². The lowest BCUT2D eigenvalue weighted by molar-refractivity contribution is -0.138. The van der Waals surface area contributed by atoms with Crippen molar-refractivity contribution in [1.29, 1.82) is 0 Å². The van der Waals surface area contributed by atoms with Crippen molar-refractivity contribution in [3.05, 3.63) is 30.3 Å². The number of hydrogen-bond donors (Lipinski definition) is 2. The van der Waals surface area contributed by atoms with Gasteiger partial charge in [0, 0.05) is 11.7 Å². The predicted octanol–water partition coefficient (Wildman–Crippen LogP) is 3.49. The fourth-order valence-electron chi connectivity index (χ4n) is 2.70. The van der Waals surface area contributed by atoms with Gasteiger partial charge in [0.15, 0.2) is 0 Å². The molecule has 0 unspecified atom stereocenters. The Labute approximate surface area is 132 Å². The average molecular weight is 302 g/mol. The van der Waals surface area contributed by atoms with Gasteiger partial charge in [0.25, 0.3) is 0 Å². The standard InChI is InChI=1S/C18H26N2O2/c1-18(2,17(22)20-15-12-8-5-9-13-15)16(21)19-14-10-6-3-4-7-11-14/h5,8-9,12-14H,3-4,6-7,10-11H2,1-2H3,(H,19,21)(H,20,22). The molecule has 0 saturated heterocycles. The van der Waals surface area contributed by atoms with Crippen LogP contribution in [0.4, 0.5) is 5.69 Å². The van der Waals surface area contributed by atoms with Crippen LogP contribution in [0.5, 0.6) is 0 Å². The van der Waals surface area contributed by atoms with E-state index in [-0.39, 0.29) is 17.9 Å². The lowest BCUT2D eigenvalue weighted by Gasteiger charge is -2.26. The molecule has 0 heterocycles. The molecule has 2 rings (SSSR count). The number of amides is 2. The molecule has 1 aromatic carbocycles. The minimum absolute atomic E-state index is 0.187. The van der Waals surface area contributed by atoms with E-state index in [9.17, 15) is 9.59 Å². The van der Waals surface area contributed by atoms with Crippen LogP contribution in [0.1, 0.15) is 52.4 Å². The number of hydrogen-bond acceptors (Lipinski definition) is 2. The molecule has 4 nitrogen and oxygen atoms in total. The van der Waals surface area contributed by atoms with Crippen LogP contribution < -0.4 is 10.6 Å². The summed E-state index contributed by atoms with van der Waals surface area (Å²) in [7, 11) is 0. The highest BCUT2D eigenvalue weighted by molar-refractivity contribution is 6.09. The predicted molar refractivity (Wildman–Crippen MR) is 88.5 cm³/mol. The zero-order valence-corrected chi connectivity index (χ0v) is 13.5. The molecule has 0 bridgehead atoms. The molecule has 1 aromatic rings. The lowest BCUT2D eigenvalue weighted by Crippen LogP contribution is -2.48. The molecular formula is C18H26N2O2. The number of benzene rings is 1. The highest BCUT2D eigenvalue weighted by atomic mass is 16.2. The molecule has 1 aliphatic carbocycles. The van der Waals surface area contributed by atoms with Crippen LogP contribution in [0.2, 0.25) is 0 Å². The van der Waals surface area contributed by atoms with Crippen LogP contribution >= 0.6 is 0 Å². The summed E-state index contributed by atoms with van der Waals surface area (Å²) in [5.41, 5.74) is -0.370. The topological polar surface area (TPSA) is 58.2 Å². The molecule has 1 fully saturated rings. The van der Waals surface area contributed by atoms with Crippen LogP contribution in [-0.2, 0) is 9.59 Å². The quantitative estimate of drug-likeness (QED) is 0.660. The van der Waals surface area contributed by atoms with Gasteiger partial charge in [-0.25, -0.2) is 0 Å². The SMILES string of the molecule is CC(C)(C(=O)Nc1ccccc1)C(=O)NC1CCCCCC1. The third-order valence-electron chi connectivity index (χ3n) is 4.36. The summed E-state index contributed by atoms with van der Waals surface area (Å²) in [6.45, 7) is 3.36. The highest BCUT2D eigenvalue weighted by Gasteiger charge is 2.37. The first-order valence-electron chi connectivity index (χ1n) is 8.17. The molecule has 0 radical (unpaired) electrons. The van der Waals surface area contributed by atoms with E-state index < -0.39 is 5.41 Å². The van der Waals surface area contributed by atoms with Crippen molar-refractivity contribution >= 4 is 17.5 Å². The maximum atomic E-state index is 12.5. The molecule has 0 aromatic heterocycles. The van der Waals surface area contributed by atoms with Crippen LogP contribution in [-0.4, -0.2) is 17.9 Å². The molecule has 2 amide bonds. The average Bonchev–Trinajstić information content (AvgIpc) is 2.76. The van der Waals surface area contributed by atoms with Crippen molar-refractivity contribution in [3.8, 4) is 0 Å². The van der Waals surface area contributed by atoms with Gasteiger partial charge in [0.05, 0.1) is 0 Å². The van der Waals surface area contributed by atoms with Crippen molar-refractivity contribution in [3.63, 3.8) is 0 Å². The molecule has 4 heteroatoms. The summed E-state index contributed by atoms with van der Waals surface area (Å²) >= 11 is 0. The molecule has 0 spiro atoms. The largest absolute Gasteiger partial charge is 0.352 e. The van der Waals surface area contributed by atoms with Crippen LogP contribution in [0.25, 0.3) is 0 Å². The third kappa shape index (κ3) is 4.33. The van der Waals surface area contributed by atoms with E-state index in [1.807, 2.05) is 30.3 Å². The lowest BCUT2D eigenvalue weighted by atomic mass is 9.90. The number of carbonyl (C=O) groups is 2. The van der Waals surface area contributed by atoms with Gasteiger partial charge in [0.1, 0.15) is 5.41 Å². The molecule has 1 aliphatic rings.